The molecule has 1 heterocycles. The number of piperidine rings is 1. The smallest absolute Gasteiger partial charge is 0.397 e. The van der Waals surface area contributed by atoms with E-state index in [9.17, 15) is 9.59 Å². The van der Waals surface area contributed by atoms with Crippen LogP contribution < -0.4 is 0 Å². The van der Waals surface area contributed by atoms with Crippen LogP contribution in [0.3, 0.4) is 0 Å². The molecule has 0 aliphatic carbocycles. The van der Waals surface area contributed by atoms with Crippen molar-refractivity contribution in [3.63, 3.8) is 0 Å². The second-order valence-corrected chi connectivity index (χ2v) is 4.16. The molecule has 1 atom stereocenters. The molecule has 92 valence electrons. The lowest BCUT2D eigenvalue weighted by molar-refractivity contribution is -0.161. The van der Waals surface area contributed by atoms with Gasteiger partial charge in [0.1, 0.15) is 0 Å². The first-order valence-electron chi connectivity index (χ1n) is 6.18. The van der Waals surface area contributed by atoms with E-state index in [4.69, 9.17) is 4.74 Å². The van der Waals surface area contributed by atoms with E-state index >= 15 is 0 Å². The molecule has 0 unspecified atom stereocenters. The van der Waals surface area contributed by atoms with E-state index < -0.39 is 11.9 Å². The highest BCUT2D eigenvalue weighted by Gasteiger charge is 2.30. The number of carbonyl (C=O) groups excluding carboxylic acids is 2. The van der Waals surface area contributed by atoms with Gasteiger partial charge in [0, 0.05) is 12.6 Å². The summed E-state index contributed by atoms with van der Waals surface area (Å²) in [6.07, 6.45) is 5.17. The van der Waals surface area contributed by atoms with Crippen molar-refractivity contribution >= 4 is 11.9 Å². The number of rotatable bonds is 3. The van der Waals surface area contributed by atoms with Gasteiger partial charge in [-0.25, -0.2) is 4.79 Å². The highest BCUT2D eigenvalue weighted by Crippen LogP contribution is 2.21. The molecule has 1 aliphatic heterocycles. The fourth-order valence-corrected chi connectivity index (χ4v) is 2.21. The van der Waals surface area contributed by atoms with Crippen molar-refractivity contribution in [2.45, 2.75) is 52.0 Å². The summed E-state index contributed by atoms with van der Waals surface area (Å²) >= 11 is 0. The van der Waals surface area contributed by atoms with Gasteiger partial charge in [0.25, 0.3) is 0 Å². The zero-order valence-electron chi connectivity index (χ0n) is 10.2. The number of amides is 1. The molecule has 0 aromatic heterocycles. The molecule has 0 spiro atoms. The normalized spacial score (nSPS) is 20.6. The zero-order valence-corrected chi connectivity index (χ0v) is 10.2. The van der Waals surface area contributed by atoms with Crippen LogP contribution >= 0.6 is 0 Å². The molecule has 1 amide bonds. The summed E-state index contributed by atoms with van der Waals surface area (Å²) in [6.45, 7) is 4.77. The first kappa shape index (κ1) is 13.0. The Kier molecular flexibility index (Phi) is 5.29. The topological polar surface area (TPSA) is 46.6 Å². The predicted octanol–water partition coefficient (Wildman–Crippen LogP) is 1.73. The van der Waals surface area contributed by atoms with Crippen molar-refractivity contribution in [2.24, 2.45) is 0 Å². The summed E-state index contributed by atoms with van der Waals surface area (Å²) in [4.78, 5) is 24.9. The molecular formula is C12H21NO3. The Balaban J connectivity index is 2.59. The number of likely N-dealkylation sites (tertiary alicyclic amines) is 1. The van der Waals surface area contributed by atoms with E-state index in [-0.39, 0.29) is 12.6 Å². The summed E-state index contributed by atoms with van der Waals surface area (Å²) in [7, 11) is 0. The molecule has 0 radical (unpaired) electrons. The molecule has 1 fully saturated rings. The first-order chi connectivity index (χ1) is 7.70. The highest BCUT2D eigenvalue weighted by atomic mass is 16.5. The largest absolute Gasteiger partial charge is 0.459 e. The van der Waals surface area contributed by atoms with E-state index in [1.165, 1.54) is 0 Å². The van der Waals surface area contributed by atoms with Crippen LogP contribution in [-0.2, 0) is 14.3 Å². The van der Waals surface area contributed by atoms with Gasteiger partial charge in [-0.15, -0.1) is 0 Å². The predicted molar refractivity (Wildman–Crippen MR) is 60.9 cm³/mol. The van der Waals surface area contributed by atoms with Crippen LogP contribution in [0.2, 0.25) is 0 Å². The van der Waals surface area contributed by atoms with Crippen LogP contribution in [0.25, 0.3) is 0 Å². The molecule has 16 heavy (non-hydrogen) atoms. The van der Waals surface area contributed by atoms with Crippen LogP contribution in [0.4, 0.5) is 0 Å². The molecule has 0 aromatic rings. The quantitative estimate of drug-likeness (QED) is 0.545. The van der Waals surface area contributed by atoms with Gasteiger partial charge in [-0.05, 0) is 32.6 Å². The van der Waals surface area contributed by atoms with E-state index in [2.05, 4.69) is 6.92 Å². The standard InChI is InChI=1S/C12H21NO3/c1-3-7-10-8-5-6-9-13(10)11(14)12(15)16-4-2/h10H,3-9H2,1-2H3/t10-/m0/s1. The van der Waals surface area contributed by atoms with Gasteiger partial charge >= 0.3 is 11.9 Å². The van der Waals surface area contributed by atoms with Crippen LogP contribution in [0.15, 0.2) is 0 Å². The van der Waals surface area contributed by atoms with Gasteiger partial charge in [0.2, 0.25) is 0 Å². The second-order valence-electron chi connectivity index (χ2n) is 4.16. The molecule has 0 bridgehead atoms. The van der Waals surface area contributed by atoms with Crippen molar-refractivity contribution < 1.29 is 14.3 Å². The fraction of sp³-hybridized carbons (Fsp3) is 0.833. The summed E-state index contributed by atoms with van der Waals surface area (Å²) in [6, 6.07) is 0.232. The third-order valence-corrected chi connectivity index (χ3v) is 2.96. The van der Waals surface area contributed by atoms with Gasteiger partial charge in [0.05, 0.1) is 6.61 Å². The molecule has 0 aromatic carbocycles. The number of nitrogens with zero attached hydrogens (tertiary/aromatic N) is 1. The number of carbonyl (C=O) groups is 2. The van der Waals surface area contributed by atoms with Crippen LogP contribution in [0.5, 0.6) is 0 Å². The third kappa shape index (κ3) is 3.22. The Labute approximate surface area is 96.9 Å². The van der Waals surface area contributed by atoms with E-state index in [1.54, 1.807) is 11.8 Å². The van der Waals surface area contributed by atoms with Crippen LogP contribution in [0, 0.1) is 0 Å². The van der Waals surface area contributed by atoms with Crippen molar-refractivity contribution in [2.75, 3.05) is 13.2 Å². The molecule has 4 nitrogen and oxygen atoms in total. The molecule has 1 aliphatic rings. The third-order valence-electron chi connectivity index (χ3n) is 2.96. The Morgan fingerprint density at radius 2 is 2.06 bits per heavy atom. The molecule has 0 saturated carbocycles. The van der Waals surface area contributed by atoms with Crippen molar-refractivity contribution in [3.05, 3.63) is 0 Å². The molecule has 1 rings (SSSR count). The van der Waals surface area contributed by atoms with Gasteiger partial charge in [-0.2, -0.15) is 0 Å². The second kappa shape index (κ2) is 6.51. The molecular weight excluding hydrogens is 206 g/mol. The first-order valence-corrected chi connectivity index (χ1v) is 6.18. The van der Waals surface area contributed by atoms with E-state index in [0.29, 0.717) is 6.54 Å². The minimum absolute atomic E-state index is 0.232. The Bertz CT molecular complexity index is 251. The summed E-state index contributed by atoms with van der Waals surface area (Å²) in [5, 5.41) is 0. The summed E-state index contributed by atoms with van der Waals surface area (Å²) in [5.74, 6) is -1.16. The van der Waals surface area contributed by atoms with Crippen molar-refractivity contribution in [1.29, 1.82) is 0 Å². The average Bonchev–Trinajstić information content (AvgIpc) is 2.29. The summed E-state index contributed by atoms with van der Waals surface area (Å²) in [5.41, 5.74) is 0. The monoisotopic (exact) mass is 227 g/mol. The number of hydrogen-bond acceptors (Lipinski definition) is 3. The molecule has 1 saturated heterocycles. The maximum absolute atomic E-state index is 11.8. The minimum Gasteiger partial charge on any atom is -0.459 e. The SMILES string of the molecule is CCC[C@H]1CCCCN1C(=O)C(=O)OCC. The number of hydrogen-bond donors (Lipinski definition) is 0. The van der Waals surface area contributed by atoms with Gasteiger partial charge < -0.3 is 9.64 Å². The van der Waals surface area contributed by atoms with Gasteiger partial charge in [-0.1, -0.05) is 13.3 Å². The summed E-state index contributed by atoms with van der Waals surface area (Å²) < 4.78 is 4.75. The Morgan fingerprint density at radius 1 is 1.31 bits per heavy atom. The lowest BCUT2D eigenvalue weighted by atomic mass is 9.98. The van der Waals surface area contributed by atoms with Crippen molar-refractivity contribution in [1.82, 2.24) is 4.90 Å². The lowest BCUT2D eigenvalue weighted by Crippen LogP contribution is -2.47. The Morgan fingerprint density at radius 3 is 2.69 bits per heavy atom. The van der Waals surface area contributed by atoms with Gasteiger partial charge in [-0.3, -0.25) is 4.79 Å². The lowest BCUT2D eigenvalue weighted by Gasteiger charge is -2.34. The minimum atomic E-state index is -0.703. The maximum Gasteiger partial charge on any atom is 0.397 e. The Hall–Kier alpha value is -1.06. The van der Waals surface area contributed by atoms with Crippen LogP contribution in [0.1, 0.15) is 46.0 Å². The van der Waals surface area contributed by atoms with Gasteiger partial charge in [0.15, 0.2) is 0 Å². The zero-order chi connectivity index (χ0) is 12.0. The fourth-order valence-electron chi connectivity index (χ4n) is 2.21. The highest BCUT2D eigenvalue weighted by molar-refractivity contribution is 6.32. The van der Waals surface area contributed by atoms with Crippen LogP contribution in [-0.4, -0.2) is 36.0 Å². The van der Waals surface area contributed by atoms with E-state index in [1.807, 2.05) is 0 Å². The number of ether oxygens (including phenoxy) is 1. The van der Waals surface area contributed by atoms with Crippen molar-refractivity contribution in [3.8, 4) is 0 Å². The number of esters is 1. The molecule has 4 heteroatoms. The average molecular weight is 227 g/mol. The molecule has 0 N–H and O–H groups in total. The van der Waals surface area contributed by atoms with E-state index in [0.717, 1.165) is 32.1 Å². The maximum atomic E-state index is 11.8.